The van der Waals surface area contributed by atoms with Gasteiger partial charge in [0.2, 0.25) is 0 Å². The average Bonchev–Trinajstić information content (AvgIpc) is 2.63. The summed E-state index contributed by atoms with van der Waals surface area (Å²) in [5.41, 5.74) is 0.382. The fourth-order valence-corrected chi connectivity index (χ4v) is 2.39. The molecule has 3 heteroatoms. The minimum absolute atomic E-state index is 0.382. The minimum Gasteiger partial charge on any atom is -0.446 e. The summed E-state index contributed by atoms with van der Waals surface area (Å²) >= 11 is 0. The second kappa shape index (κ2) is 6.93. The van der Waals surface area contributed by atoms with E-state index < -0.39 is 0 Å². The first-order valence-corrected chi connectivity index (χ1v) is 7.05. The summed E-state index contributed by atoms with van der Waals surface area (Å²) in [6, 6.07) is 0. The highest BCUT2D eigenvalue weighted by molar-refractivity contribution is 4.96. The first kappa shape index (κ1) is 15.2. The van der Waals surface area contributed by atoms with E-state index in [1.165, 1.54) is 6.42 Å². The van der Waals surface area contributed by atoms with E-state index in [1.807, 2.05) is 6.20 Å². The standard InChI is InChI=1S/C15H28N2O/c1-6-16-8-7-14-17-11-13(18-14)9-12(2)10-15(3,4)5/h11-12,16H,6-10H2,1-5H3. The van der Waals surface area contributed by atoms with E-state index >= 15 is 0 Å². The van der Waals surface area contributed by atoms with Gasteiger partial charge in [-0.25, -0.2) is 4.98 Å². The van der Waals surface area contributed by atoms with E-state index in [4.69, 9.17) is 4.42 Å². The SMILES string of the molecule is CCNCCc1ncc(CC(C)CC(C)(C)C)o1. The number of rotatable bonds is 7. The summed E-state index contributed by atoms with van der Waals surface area (Å²) in [5, 5.41) is 3.28. The molecule has 0 fully saturated rings. The van der Waals surface area contributed by atoms with Crippen molar-refractivity contribution in [2.24, 2.45) is 11.3 Å². The highest BCUT2D eigenvalue weighted by atomic mass is 16.4. The highest BCUT2D eigenvalue weighted by Gasteiger charge is 2.17. The lowest BCUT2D eigenvalue weighted by Gasteiger charge is -2.22. The van der Waals surface area contributed by atoms with E-state index in [-0.39, 0.29) is 0 Å². The molecule has 3 nitrogen and oxygen atoms in total. The normalized spacial score (nSPS) is 13.8. The third-order valence-electron chi connectivity index (χ3n) is 2.88. The van der Waals surface area contributed by atoms with Gasteiger partial charge in [-0.05, 0) is 24.3 Å². The molecule has 1 unspecified atom stereocenters. The van der Waals surface area contributed by atoms with Crippen molar-refractivity contribution in [3.8, 4) is 0 Å². The topological polar surface area (TPSA) is 38.1 Å². The van der Waals surface area contributed by atoms with Crippen LogP contribution < -0.4 is 5.32 Å². The third-order valence-corrected chi connectivity index (χ3v) is 2.88. The van der Waals surface area contributed by atoms with Gasteiger partial charge in [0.1, 0.15) is 5.76 Å². The van der Waals surface area contributed by atoms with E-state index in [9.17, 15) is 0 Å². The van der Waals surface area contributed by atoms with Crippen LogP contribution in [-0.2, 0) is 12.8 Å². The summed E-state index contributed by atoms with van der Waals surface area (Å²) in [6.45, 7) is 13.2. The Bertz CT molecular complexity index is 339. The van der Waals surface area contributed by atoms with Crippen molar-refractivity contribution >= 4 is 0 Å². The number of hydrogen-bond donors (Lipinski definition) is 1. The van der Waals surface area contributed by atoms with Crippen molar-refractivity contribution in [2.75, 3.05) is 13.1 Å². The average molecular weight is 252 g/mol. The van der Waals surface area contributed by atoms with Gasteiger partial charge in [0.05, 0.1) is 6.20 Å². The summed E-state index contributed by atoms with van der Waals surface area (Å²) in [5.74, 6) is 2.52. The van der Waals surface area contributed by atoms with Crippen molar-refractivity contribution < 1.29 is 4.42 Å². The molecule has 1 rings (SSSR count). The largest absolute Gasteiger partial charge is 0.446 e. The maximum Gasteiger partial charge on any atom is 0.195 e. The smallest absolute Gasteiger partial charge is 0.195 e. The molecular weight excluding hydrogens is 224 g/mol. The Morgan fingerprint density at radius 3 is 2.72 bits per heavy atom. The van der Waals surface area contributed by atoms with Crippen molar-refractivity contribution in [3.63, 3.8) is 0 Å². The molecule has 0 saturated carbocycles. The van der Waals surface area contributed by atoms with Crippen LogP contribution in [0.3, 0.4) is 0 Å². The van der Waals surface area contributed by atoms with E-state index in [2.05, 4.69) is 44.9 Å². The zero-order valence-corrected chi connectivity index (χ0v) is 12.5. The molecule has 0 spiro atoms. The molecule has 0 aliphatic rings. The molecule has 0 amide bonds. The molecule has 1 atom stereocenters. The van der Waals surface area contributed by atoms with Crippen LogP contribution >= 0.6 is 0 Å². The monoisotopic (exact) mass is 252 g/mol. The molecule has 1 N–H and O–H groups in total. The molecule has 0 saturated heterocycles. The molecule has 0 aliphatic carbocycles. The summed E-state index contributed by atoms with van der Waals surface area (Å²) in [7, 11) is 0. The Hall–Kier alpha value is -0.830. The summed E-state index contributed by atoms with van der Waals surface area (Å²) < 4.78 is 5.76. The zero-order valence-electron chi connectivity index (χ0n) is 12.5. The van der Waals surface area contributed by atoms with Gasteiger partial charge >= 0.3 is 0 Å². The van der Waals surface area contributed by atoms with Crippen molar-refractivity contribution in [3.05, 3.63) is 17.8 Å². The van der Waals surface area contributed by atoms with Crippen LogP contribution in [0.25, 0.3) is 0 Å². The Labute approximate surface area is 111 Å². The van der Waals surface area contributed by atoms with E-state index in [0.29, 0.717) is 11.3 Å². The quantitative estimate of drug-likeness (QED) is 0.755. The van der Waals surface area contributed by atoms with Gasteiger partial charge in [-0.15, -0.1) is 0 Å². The van der Waals surface area contributed by atoms with Crippen molar-refractivity contribution in [1.82, 2.24) is 10.3 Å². The van der Waals surface area contributed by atoms with Gasteiger partial charge in [0.25, 0.3) is 0 Å². The molecule has 1 aromatic rings. The minimum atomic E-state index is 0.382. The van der Waals surface area contributed by atoms with Gasteiger partial charge in [0.15, 0.2) is 5.89 Å². The summed E-state index contributed by atoms with van der Waals surface area (Å²) in [4.78, 5) is 4.33. The van der Waals surface area contributed by atoms with Crippen molar-refractivity contribution in [1.29, 1.82) is 0 Å². The van der Waals surface area contributed by atoms with Crippen LogP contribution in [-0.4, -0.2) is 18.1 Å². The number of nitrogens with zero attached hydrogens (tertiary/aromatic N) is 1. The Kier molecular flexibility index (Phi) is 5.86. The zero-order chi connectivity index (χ0) is 13.6. The molecule has 18 heavy (non-hydrogen) atoms. The van der Waals surface area contributed by atoms with Gasteiger partial charge in [-0.2, -0.15) is 0 Å². The van der Waals surface area contributed by atoms with E-state index in [0.717, 1.165) is 37.6 Å². The first-order valence-electron chi connectivity index (χ1n) is 7.05. The number of aromatic nitrogens is 1. The van der Waals surface area contributed by atoms with Crippen LogP contribution in [0.15, 0.2) is 10.6 Å². The first-order chi connectivity index (χ1) is 8.40. The molecular formula is C15H28N2O. The maximum absolute atomic E-state index is 5.76. The Balaban J connectivity index is 2.38. The predicted molar refractivity (Wildman–Crippen MR) is 75.7 cm³/mol. The van der Waals surface area contributed by atoms with Gasteiger partial charge in [-0.3, -0.25) is 0 Å². The van der Waals surface area contributed by atoms with Gasteiger partial charge in [-0.1, -0.05) is 34.6 Å². The molecule has 104 valence electrons. The second-order valence-electron chi connectivity index (χ2n) is 6.40. The highest BCUT2D eigenvalue weighted by Crippen LogP contribution is 2.26. The lowest BCUT2D eigenvalue weighted by molar-refractivity contribution is 0.294. The van der Waals surface area contributed by atoms with E-state index in [1.54, 1.807) is 0 Å². The maximum atomic E-state index is 5.76. The Morgan fingerprint density at radius 2 is 2.11 bits per heavy atom. The van der Waals surface area contributed by atoms with Crippen LogP contribution in [0, 0.1) is 11.3 Å². The van der Waals surface area contributed by atoms with Gasteiger partial charge in [0, 0.05) is 19.4 Å². The fourth-order valence-electron chi connectivity index (χ4n) is 2.39. The van der Waals surface area contributed by atoms with Gasteiger partial charge < -0.3 is 9.73 Å². The second-order valence-corrected chi connectivity index (χ2v) is 6.40. The molecule has 0 radical (unpaired) electrons. The predicted octanol–water partition coefficient (Wildman–Crippen LogP) is 3.44. The van der Waals surface area contributed by atoms with Crippen LogP contribution in [0.4, 0.5) is 0 Å². The molecule has 1 heterocycles. The third kappa shape index (κ3) is 6.20. The molecule has 0 bridgehead atoms. The van der Waals surface area contributed by atoms with Crippen LogP contribution in [0.1, 0.15) is 52.7 Å². The van der Waals surface area contributed by atoms with Crippen LogP contribution in [0.2, 0.25) is 0 Å². The number of likely N-dealkylation sites (N-methyl/N-ethyl adjacent to an activating group) is 1. The number of hydrogen-bond acceptors (Lipinski definition) is 3. The number of oxazole rings is 1. The van der Waals surface area contributed by atoms with Crippen LogP contribution in [0.5, 0.6) is 0 Å². The molecule has 0 aromatic carbocycles. The fraction of sp³-hybridized carbons (Fsp3) is 0.800. The molecule has 0 aliphatic heterocycles. The lowest BCUT2D eigenvalue weighted by Crippen LogP contribution is -2.16. The lowest BCUT2D eigenvalue weighted by atomic mass is 9.84. The molecule has 1 aromatic heterocycles. The van der Waals surface area contributed by atoms with Crippen molar-refractivity contribution in [2.45, 2.75) is 53.9 Å². The number of nitrogens with one attached hydrogen (secondary N) is 1. The summed E-state index contributed by atoms with van der Waals surface area (Å²) in [6.07, 6.45) is 4.97. The Morgan fingerprint density at radius 1 is 1.39 bits per heavy atom.